The number of morpholine rings is 1. The van der Waals surface area contributed by atoms with Crippen LogP contribution in [0.5, 0.6) is 0 Å². The Morgan fingerprint density at radius 2 is 2.28 bits per heavy atom. The van der Waals surface area contributed by atoms with Crippen LogP contribution in [-0.2, 0) is 19.6 Å². The highest BCUT2D eigenvalue weighted by Crippen LogP contribution is 2.33. The Kier molecular flexibility index (Phi) is 5.13. The highest BCUT2D eigenvalue weighted by Gasteiger charge is 2.36. The molecule has 1 aliphatic rings. The summed E-state index contributed by atoms with van der Waals surface area (Å²) in [5, 5.41) is 2.67. The van der Waals surface area contributed by atoms with Crippen molar-refractivity contribution >= 4 is 32.4 Å². The summed E-state index contributed by atoms with van der Waals surface area (Å²) >= 11 is 0.875. The van der Waals surface area contributed by atoms with Gasteiger partial charge in [0.15, 0.2) is 9.34 Å². The second-order valence-electron chi connectivity index (χ2n) is 5.43. The van der Waals surface area contributed by atoms with Crippen molar-refractivity contribution in [3.63, 3.8) is 0 Å². The zero-order valence-corrected chi connectivity index (χ0v) is 14.9. The SMILES string of the molecule is CC(=O)Nc1ncc(S(=O)(=O)N2CCOCC2c2cccc(F)c2)s1. The zero-order valence-electron chi connectivity index (χ0n) is 13.3. The minimum atomic E-state index is -3.85. The van der Waals surface area contributed by atoms with Gasteiger partial charge < -0.3 is 10.1 Å². The first-order valence-electron chi connectivity index (χ1n) is 7.46. The van der Waals surface area contributed by atoms with E-state index >= 15 is 0 Å². The van der Waals surface area contributed by atoms with Gasteiger partial charge in [-0.2, -0.15) is 4.31 Å². The highest BCUT2D eigenvalue weighted by atomic mass is 32.2. The number of thiazole rings is 1. The molecule has 1 unspecified atom stereocenters. The summed E-state index contributed by atoms with van der Waals surface area (Å²) in [6.07, 6.45) is 1.21. The van der Waals surface area contributed by atoms with E-state index < -0.39 is 21.9 Å². The molecule has 2 aromatic rings. The van der Waals surface area contributed by atoms with Crippen LogP contribution in [0.3, 0.4) is 0 Å². The van der Waals surface area contributed by atoms with E-state index in [1.165, 1.54) is 35.6 Å². The van der Waals surface area contributed by atoms with Gasteiger partial charge in [0, 0.05) is 13.5 Å². The fraction of sp³-hybridized carbons (Fsp3) is 0.333. The first-order valence-corrected chi connectivity index (χ1v) is 9.72. The lowest BCUT2D eigenvalue weighted by molar-refractivity contribution is -0.114. The summed E-state index contributed by atoms with van der Waals surface area (Å²) in [6, 6.07) is 5.18. The lowest BCUT2D eigenvalue weighted by Gasteiger charge is -2.34. The second-order valence-corrected chi connectivity index (χ2v) is 8.58. The minimum Gasteiger partial charge on any atom is -0.378 e. The summed E-state index contributed by atoms with van der Waals surface area (Å²) in [4.78, 5) is 15.0. The van der Waals surface area contributed by atoms with Crippen molar-refractivity contribution in [2.24, 2.45) is 0 Å². The Hall–Kier alpha value is -1.88. The van der Waals surface area contributed by atoms with Crippen LogP contribution in [0.1, 0.15) is 18.5 Å². The lowest BCUT2D eigenvalue weighted by atomic mass is 10.1. The number of benzene rings is 1. The molecule has 1 saturated heterocycles. The number of hydrogen-bond acceptors (Lipinski definition) is 6. The van der Waals surface area contributed by atoms with Gasteiger partial charge in [-0.3, -0.25) is 4.79 Å². The van der Waals surface area contributed by atoms with Crippen molar-refractivity contribution in [2.75, 3.05) is 25.1 Å². The van der Waals surface area contributed by atoms with E-state index in [-0.39, 0.29) is 35.0 Å². The van der Waals surface area contributed by atoms with Gasteiger partial charge in [-0.1, -0.05) is 23.5 Å². The molecule has 134 valence electrons. The van der Waals surface area contributed by atoms with E-state index in [2.05, 4.69) is 10.3 Å². The van der Waals surface area contributed by atoms with Crippen molar-refractivity contribution in [1.29, 1.82) is 0 Å². The Bertz CT molecular complexity index is 884. The van der Waals surface area contributed by atoms with E-state index in [0.29, 0.717) is 5.56 Å². The third-order valence-corrected chi connectivity index (χ3v) is 6.90. The van der Waals surface area contributed by atoms with Crippen LogP contribution < -0.4 is 5.32 Å². The van der Waals surface area contributed by atoms with Crippen LogP contribution >= 0.6 is 11.3 Å². The van der Waals surface area contributed by atoms with Crippen molar-refractivity contribution in [3.05, 3.63) is 41.8 Å². The molecule has 3 rings (SSSR count). The van der Waals surface area contributed by atoms with Crippen LogP contribution in [0.4, 0.5) is 9.52 Å². The molecule has 7 nitrogen and oxygen atoms in total. The molecule has 1 fully saturated rings. The molecular formula is C15H16FN3O4S2. The Morgan fingerprint density at radius 3 is 3.00 bits per heavy atom. The summed E-state index contributed by atoms with van der Waals surface area (Å²) in [7, 11) is -3.85. The molecular weight excluding hydrogens is 369 g/mol. The van der Waals surface area contributed by atoms with E-state index in [0.717, 1.165) is 11.3 Å². The maximum absolute atomic E-state index is 13.5. The smallest absolute Gasteiger partial charge is 0.254 e. The van der Waals surface area contributed by atoms with E-state index in [9.17, 15) is 17.6 Å². The summed E-state index contributed by atoms with van der Waals surface area (Å²) in [6.45, 7) is 1.86. The molecule has 10 heteroatoms. The Balaban J connectivity index is 1.93. The Morgan fingerprint density at radius 1 is 1.48 bits per heavy atom. The van der Waals surface area contributed by atoms with Crippen LogP contribution in [0.2, 0.25) is 0 Å². The molecule has 2 heterocycles. The standard InChI is InChI=1S/C15H16FN3O4S2/c1-10(20)18-15-17-8-14(24-15)25(21,22)19-5-6-23-9-13(19)11-3-2-4-12(16)7-11/h2-4,7-8,13H,5-6,9H2,1H3,(H,17,18,20). The summed E-state index contributed by atoms with van der Waals surface area (Å²) in [5.74, 6) is -0.770. The van der Waals surface area contributed by atoms with Crippen molar-refractivity contribution in [2.45, 2.75) is 17.2 Å². The fourth-order valence-electron chi connectivity index (χ4n) is 2.56. The monoisotopic (exact) mass is 385 g/mol. The number of halogens is 1. The summed E-state index contributed by atoms with van der Waals surface area (Å²) < 4.78 is 46.2. The number of nitrogens with one attached hydrogen (secondary N) is 1. The van der Waals surface area contributed by atoms with Crippen molar-refractivity contribution < 1.29 is 22.3 Å². The largest absolute Gasteiger partial charge is 0.378 e. The first kappa shape index (κ1) is 17.9. The number of hydrogen-bond donors (Lipinski definition) is 1. The molecule has 1 N–H and O–H groups in total. The maximum atomic E-state index is 13.5. The van der Waals surface area contributed by atoms with Gasteiger partial charge in [0.25, 0.3) is 10.0 Å². The lowest BCUT2D eigenvalue weighted by Crippen LogP contribution is -2.43. The predicted octanol–water partition coefficient (Wildman–Crippen LogP) is 2.00. The number of ether oxygens (including phenoxy) is 1. The number of nitrogens with zero attached hydrogens (tertiary/aromatic N) is 2. The number of anilines is 1. The third-order valence-electron chi connectivity index (χ3n) is 3.64. The zero-order chi connectivity index (χ0) is 18.0. The quantitative estimate of drug-likeness (QED) is 0.870. The van der Waals surface area contributed by atoms with E-state index in [4.69, 9.17) is 4.74 Å². The number of carbonyl (C=O) groups excluding carboxylic acids is 1. The molecule has 0 radical (unpaired) electrons. The highest BCUT2D eigenvalue weighted by molar-refractivity contribution is 7.91. The molecule has 1 aromatic heterocycles. The molecule has 1 aromatic carbocycles. The number of amides is 1. The molecule has 0 bridgehead atoms. The van der Waals surface area contributed by atoms with Crippen LogP contribution in [-0.4, -0.2) is 43.4 Å². The topological polar surface area (TPSA) is 88.6 Å². The van der Waals surface area contributed by atoms with Crippen molar-refractivity contribution in [3.8, 4) is 0 Å². The van der Waals surface area contributed by atoms with E-state index in [1.54, 1.807) is 6.07 Å². The minimum absolute atomic E-state index is 0.0135. The summed E-state index contributed by atoms with van der Waals surface area (Å²) in [5.41, 5.74) is 0.523. The average molecular weight is 385 g/mol. The second kappa shape index (κ2) is 7.16. The number of sulfonamides is 1. The van der Waals surface area contributed by atoms with Gasteiger partial charge in [-0.05, 0) is 17.7 Å². The predicted molar refractivity (Wildman–Crippen MR) is 90.3 cm³/mol. The van der Waals surface area contributed by atoms with Gasteiger partial charge in [0.05, 0.1) is 25.5 Å². The fourth-order valence-corrected chi connectivity index (χ4v) is 5.35. The first-order chi connectivity index (χ1) is 11.9. The van der Waals surface area contributed by atoms with Crippen LogP contribution in [0.15, 0.2) is 34.7 Å². The molecule has 0 aliphatic carbocycles. The van der Waals surface area contributed by atoms with Crippen LogP contribution in [0, 0.1) is 5.82 Å². The van der Waals surface area contributed by atoms with E-state index in [1.807, 2.05) is 0 Å². The molecule has 25 heavy (non-hydrogen) atoms. The number of carbonyl (C=O) groups is 1. The molecule has 1 amide bonds. The number of aromatic nitrogens is 1. The Labute approximate surface area is 148 Å². The van der Waals surface area contributed by atoms with Gasteiger partial charge in [-0.25, -0.2) is 17.8 Å². The molecule has 1 aliphatic heterocycles. The normalized spacial score (nSPS) is 18.9. The van der Waals surface area contributed by atoms with Gasteiger partial charge >= 0.3 is 0 Å². The van der Waals surface area contributed by atoms with Gasteiger partial charge in [0.1, 0.15) is 5.82 Å². The maximum Gasteiger partial charge on any atom is 0.254 e. The number of rotatable bonds is 4. The van der Waals surface area contributed by atoms with Gasteiger partial charge in [-0.15, -0.1) is 0 Å². The van der Waals surface area contributed by atoms with Crippen LogP contribution in [0.25, 0.3) is 0 Å². The molecule has 0 spiro atoms. The third kappa shape index (κ3) is 3.87. The van der Waals surface area contributed by atoms with Gasteiger partial charge in [0.2, 0.25) is 5.91 Å². The van der Waals surface area contributed by atoms with Crippen molar-refractivity contribution in [1.82, 2.24) is 9.29 Å². The molecule has 0 saturated carbocycles. The average Bonchev–Trinajstić information content (AvgIpc) is 3.03. The molecule has 1 atom stereocenters.